The van der Waals surface area contributed by atoms with Crippen molar-refractivity contribution >= 4 is 21.4 Å². The van der Waals surface area contributed by atoms with Crippen molar-refractivity contribution in [1.82, 2.24) is 0 Å². The van der Waals surface area contributed by atoms with Crippen LogP contribution in [0.4, 0.5) is 0 Å². The van der Waals surface area contributed by atoms with Gasteiger partial charge in [0.25, 0.3) is 0 Å². The Morgan fingerprint density at radius 3 is 3.00 bits per heavy atom. The lowest BCUT2D eigenvalue weighted by atomic mass is 10.2. The molecule has 1 nitrogen and oxygen atoms in total. The molecule has 56 valence electrons. The van der Waals surface area contributed by atoms with Crippen molar-refractivity contribution in [3.05, 3.63) is 35.2 Å². The van der Waals surface area contributed by atoms with Crippen LogP contribution >= 0.6 is 11.3 Å². The summed E-state index contributed by atoms with van der Waals surface area (Å²) < 4.78 is 1.36. The van der Waals surface area contributed by atoms with Crippen LogP contribution in [0.25, 0.3) is 10.1 Å². The van der Waals surface area contributed by atoms with Crippen LogP contribution in [0.5, 0.6) is 0 Å². The molecule has 1 aromatic heterocycles. The average molecular weight is 164 g/mol. The number of quaternary nitrogens is 1. The summed E-state index contributed by atoms with van der Waals surface area (Å²) in [6.07, 6.45) is 0. The zero-order chi connectivity index (χ0) is 7.68. The molecule has 0 bridgehead atoms. The number of thiophene rings is 1. The summed E-state index contributed by atoms with van der Waals surface area (Å²) in [5, 5.41) is 3.47. The first kappa shape index (κ1) is 6.83. The molecule has 1 aromatic carbocycles. The van der Waals surface area contributed by atoms with Gasteiger partial charge in [-0.2, -0.15) is 0 Å². The summed E-state index contributed by atoms with van der Waals surface area (Å²) >= 11 is 1.79. The summed E-state index contributed by atoms with van der Waals surface area (Å²) in [6.45, 7) is 0.881. The van der Waals surface area contributed by atoms with Gasteiger partial charge in [-0.15, -0.1) is 11.3 Å². The number of hydrogen-bond acceptors (Lipinski definition) is 1. The van der Waals surface area contributed by atoms with Crippen molar-refractivity contribution < 1.29 is 5.73 Å². The second-order valence-corrected chi connectivity index (χ2v) is 3.49. The van der Waals surface area contributed by atoms with E-state index < -0.39 is 0 Å². The molecule has 0 saturated carbocycles. The van der Waals surface area contributed by atoms with Crippen LogP contribution in [0.1, 0.15) is 5.56 Å². The molecule has 1 heterocycles. The molecule has 2 heteroatoms. The van der Waals surface area contributed by atoms with Gasteiger partial charge in [0.15, 0.2) is 0 Å². The van der Waals surface area contributed by atoms with Crippen LogP contribution in [0.2, 0.25) is 0 Å². The Morgan fingerprint density at radius 2 is 2.18 bits per heavy atom. The number of hydrogen-bond donors (Lipinski definition) is 1. The van der Waals surface area contributed by atoms with E-state index in [9.17, 15) is 0 Å². The van der Waals surface area contributed by atoms with Gasteiger partial charge in [0.05, 0.1) is 6.54 Å². The van der Waals surface area contributed by atoms with Crippen molar-refractivity contribution in [3.8, 4) is 0 Å². The molecule has 0 amide bonds. The maximum Gasteiger partial charge on any atom is 0.0997 e. The summed E-state index contributed by atoms with van der Waals surface area (Å²) in [6, 6.07) is 8.67. The Kier molecular flexibility index (Phi) is 1.64. The molecule has 0 spiro atoms. The standard InChI is InChI=1S/C9H9NS/c10-6-7-1-2-9-8(5-7)3-4-11-9/h1-5H,6,10H2/p+1. The number of benzene rings is 1. The monoisotopic (exact) mass is 164 g/mol. The molecule has 2 rings (SSSR count). The zero-order valence-corrected chi connectivity index (χ0v) is 7.03. The minimum absolute atomic E-state index is 0.881. The molecule has 2 aromatic rings. The van der Waals surface area contributed by atoms with E-state index in [1.807, 2.05) is 0 Å². The average Bonchev–Trinajstić information content (AvgIpc) is 2.50. The molecular formula is C9H10NS+. The van der Waals surface area contributed by atoms with Crippen molar-refractivity contribution in [2.45, 2.75) is 6.54 Å². The lowest BCUT2D eigenvalue weighted by Crippen LogP contribution is -2.47. The molecule has 0 aliphatic heterocycles. The molecule has 0 aliphatic rings. The largest absolute Gasteiger partial charge is 0.354 e. The van der Waals surface area contributed by atoms with Gasteiger partial charge in [0.2, 0.25) is 0 Å². The normalized spacial score (nSPS) is 10.6. The van der Waals surface area contributed by atoms with Gasteiger partial charge in [-0.1, -0.05) is 6.07 Å². The Morgan fingerprint density at radius 1 is 1.27 bits per heavy atom. The van der Waals surface area contributed by atoms with Crippen molar-refractivity contribution in [2.24, 2.45) is 0 Å². The third-order valence-corrected chi connectivity index (χ3v) is 2.70. The second kappa shape index (κ2) is 2.64. The molecule has 0 unspecified atom stereocenters. The molecule has 0 fully saturated rings. The molecule has 3 N–H and O–H groups in total. The SMILES string of the molecule is [NH3+]Cc1ccc2sccc2c1. The number of rotatable bonds is 1. The lowest BCUT2D eigenvalue weighted by Gasteiger charge is -1.92. The minimum atomic E-state index is 0.881. The Bertz CT molecular complexity index is 364. The van der Waals surface area contributed by atoms with Crippen LogP contribution in [0, 0.1) is 0 Å². The fourth-order valence-corrected chi connectivity index (χ4v) is 1.94. The van der Waals surface area contributed by atoms with Gasteiger partial charge in [0.1, 0.15) is 0 Å². The Balaban J connectivity index is 2.67. The first-order valence-electron chi connectivity index (χ1n) is 3.65. The van der Waals surface area contributed by atoms with Crippen LogP contribution in [-0.2, 0) is 6.54 Å². The van der Waals surface area contributed by atoms with Gasteiger partial charge in [-0.3, -0.25) is 0 Å². The first-order valence-corrected chi connectivity index (χ1v) is 4.53. The highest BCUT2D eigenvalue weighted by Gasteiger charge is 1.95. The molecule has 0 radical (unpaired) electrons. The smallest absolute Gasteiger partial charge is 0.0997 e. The highest BCUT2D eigenvalue weighted by Crippen LogP contribution is 2.21. The summed E-state index contributed by atoms with van der Waals surface area (Å²) in [4.78, 5) is 0. The van der Waals surface area contributed by atoms with Gasteiger partial charge >= 0.3 is 0 Å². The second-order valence-electron chi connectivity index (χ2n) is 2.54. The van der Waals surface area contributed by atoms with Gasteiger partial charge in [-0.25, -0.2) is 0 Å². The highest BCUT2D eigenvalue weighted by molar-refractivity contribution is 7.17. The predicted octanol–water partition coefficient (Wildman–Crippen LogP) is 1.64. The predicted molar refractivity (Wildman–Crippen MR) is 48.4 cm³/mol. The summed E-state index contributed by atoms with van der Waals surface area (Å²) in [7, 11) is 0. The molecule has 0 saturated heterocycles. The molecule has 0 atom stereocenters. The Labute approximate surface area is 69.5 Å². The number of fused-ring (bicyclic) bond motifs is 1. The molecule has 11 heavy (non-hydrogen) atoms. The third kappa shape index (κ3) is 1.15. The fraction of sp³-hybridized carbons (Fsp3) is 0.111. The lowest BCUT2D eigenvalue weighted by molar-refractivity contribution is -0.386. The van der Waals surface area contributed by atoms with E-state index in [-0.39, 0.29) is 0 Å². The maximum absolute atomic E-state index is 3.85. The minimum Gasteiger partial charge on any atom is -0.354 e. The summed E-state index contributed by atoms with van der Waals surface area (Å²) in [5.41, 5.74) is 5.17. The van der Waals surface area contributed by atoms with E-state index in [1.54, 1.807) is 11.3 Å². The first-order chi connectivity index (χ1) is 5.40. The van der Waals surface area contributed by atoms with E-state index in [0.717, 1.165) is 6.54 Å². The van der Waals surface area contributed by atoms with Gasteiger partial charge in [0, 0.05) is 10.3 Å². The van der Waals surface area contributed by atoms with E-state index in [1.165, 1.54) is 15.6 Å². The Hall–Kier alpha value is -0.860. The fourth-order valence-electron chi connectivity index (χ4n) is 1.17. The van der Waals surface area contributed by atoms with Gasteiger partial charge in [-0.05, 0) is 29.0 Å². The quantitative estimate of drug-likeness (QED) is 0.663. The van der Waals surface area contributed by atoms with Crippen LogP contribution in [0.3, 0.4) is 0 Å². The molecule has 0 aliphatic carbocycles. The zero-order valence-electron chi connectivity index (χ0n) is 6.21. The van der Waals surface area contributed by atoms with Crippen LogP contribution in [0.15, 0.2) is 29.6 Å². The van der Waals surface area contributed by atoms with E-state index >= 15 is 0 Å². The van der Waals surface area contributed by atoms with Gasteiger partial charge < -0.3 is 5.73 Å². The van der Waals surface area contributed by atoms with E-state index in [2.05, 4.69) is 35.4 Å². The molecular weight excluding hydrogens is 154 g/mol. The van der Waals surface area contributed by atoms with Crippen molar-refractivity contribution in [1.29, 1.82) is 0 Å². The highest BCUT2D eigenvalue weighted by atomic mass is 32.1. The maximum atomic E-state index is 3.85. The van der Waals surface area contributed by atoms with E-state index in [0.29, 0.717) is 0 Å². The van der Waals surface area contributed by atoms with E-state index in [4.69, 9.17) is 0 Å². The van der Waals surface area contributed by atoms with Crippen LogP contribution < -0.4 is 5.73 Å². The summed E-state index contributed by atoms with van der Waals surface area (Å²) in [5.74, 6) is 0. The van der Waals surface area contributed by atoms with Crippen molar-refractivity contribution in [2.75, 3.05) is 0 Å². The third-order valence-electron chi connectivity index (χ3n) is 1.81. The van der Waals surface area contributed by atoms with Crippen molar-refractivity contribution in [3.63, 3.8) is 0 Å². The topological polar surface area (TPSA) is 27.6 Å². The van der Waals surface area contributed by atoms with Crippen LogP contribution in [-0.4, -0.2) is 0 Å².